The molecule has 0 spiro atoms. The largest absolute Gasteiger partial charge is 0.385 e. The molecule has 0 unspecified atom stereocenters. The summed E-state index contributed by atoms with van der Waals surface area (Å²) in [5.41, 5.74) is 5.91. The van der Waals surface area contributed by atoms with Gasteiger partial charge in [-0.1, -0.05) is 29.3 Å². The van der Waals surface area contributed by atoms with Gasteiger partial charge in [0, 0.05) is 49.5 Å². The van der Waals surface area contributed by atoms with Crippen LogP contribution in [0.4, 0.5) is 16.3 Å². The van der Waals surface area contributed by atoms with E-state index in [1.165, 1.54) is 22.9 Å². The normalized spacial score (nSPS) is 13.6. The Balaban J connectivity index is 1.42. The Bertz CT molecular complexity index is 1170. The fraction of sp³-hybridized carbons (Fsp3) is 0.200. The predicted octanol–water partition coefficient (Wildman–Crippen LogP) is 3.98. The van der Waals surface area contributed by atoms with Crippen LogP contribution in [0, 0.1) is 19.3 Å². The molecule has 0 aliphatic carbocycles. The number of allylic oxidation sites excluding steroid dienone is 1. The van der Waals surface area contributed by atoms with E-state index < -0.39 is 0 Å². The second-order valence-electron chi connectivity index (χ2n) is 7.94. The highest BCUT2D eigenvalue weighted by Crippen LogP contribution is 2.22. The second-order valence-corrected chi connectivity index (χ2v) is 7.94. The van der Waals surface area contributed by atoms with E-state index in [1.54, 1.807) is 23.4 Å². The van der Waals surface area contributed by atoms with E-state index in [-0.39, 0.29) is 6.03 Å². The second kappa shape index (κ2) is 9.95. The van der Waals surface area contributed by atoms with Crippen LogP contribution in [0.1, 0.15) is 16.7 Å². The third kappa shape index (κ3) is 5.54. The van der Waals surface area contributed by atoms with Crippen molar-refractivity contribution in [1.82, 2.24) is 20.6 Å². The van der Waals surface area contributed by atoms with E-state index in [2.05, 4.69) is 58.0 Å². The molecule has 0 atom stereocenters. The van der Waals surface area contributed by atoms with Gasteiger partial charge in [0.05, 0.1) is 5.70 Å². The zero-order valence-corrected chi connectivity index (χ0v) is 18.7. The first-order valence-corrected chi connectivity index (χ1v) is 10.8. The average molecular weight is 442 g/mol. The van der Waals surface area contributed by atoms with Crippen LogP contribution in [0.15, 0.2) is 66.6 Å². The standard InChI is InChI=1S/C25H27N7O/c1-17-11-18(2)13-19(12-17)15-27-16-21(14-26)30-23-7-8-28-24(31-23)20-3-5-22(6-4-20)32-10-9-29-25(32)33/h3-8,11-14,16,26-27H,9-10,15H2,1-2H3,(H,29,33)(H,28,30,31)/b21-16+,26-14?. The van der Waals surface area contributed by atoms with E-state index in [4.69, 9.17) is 5.41 Å². The van der Waals surface area contributed by atoms with Crippen molar-refractivity contribution in [2.24, 2.45) is 0 Å². The average Bonchev–Trinajstić information content (AvgIpc) is 3.24. The molecule has 8 nitrogen and oxygen atoms in total. The van der Waals surface area contributed by atoms with Crippen molar-refractivity contribution in [2.75, 3.05) is 23.3 Å². The summed E-state index contributed by atoms with van der Waals surface area (Å²) in [6, 6.07) is 15.7. The lowest BCUT2D eigenvalue weighted by Gasteiger charge is -2.14. The molecule has 168 valence electrons. The maximum atomic E-state index is 11.8. The molecule has 2 aromatic carbocycles. The molecule has 0 radical (unpaired) electrons. The SMILES string of the molecule is Cc1cc(C)cc(CN/C=C(\C=N)Nc2ccnc(-c3ccc(N4CCNC4=O)cc3)n2)c1. The molecule has 0 bridgehead atoms. The number of rotatable bonds is 8. The molecule has 33 heavy (non-hydrogen) atoms. The van der Waals surface area contributed by atoms with Crippen molar-refractivity contribution in [2.45, 2.75) is 20.4 Å². The summed E-state index contributed by atoms with van der Waals surface area (Å²) in [4.78, 5) is 22.5. The molecule has 4 N–H and O–H groups in total. The Morgan fingerprint density at radius 3 is 2.58 bits per heavy atom. The monoisotopic (exact) mass is 441 g/mol. The molecule has 1 aliphatic heterocycles. The highest BCUT2D eigenvalue weighted by Gasteiger charge is 2.20. The molecule has 3 aromatic rings. The number of nitrogens with zero attached hydrogens (tertiary/aromatic N) is 3. The minimum atomic E-state index is -0.0812. The van der Waals surface area contributed by atoms with Gasteiger partial charge in [0.15, 0.2) is 5.82 Å². The van der Waals surface area contributed by atoms with Crippen LogP contribution < -0.4 is 20.9 Å². The number of nitrogens with one attached hydrogen (secondary N) is 4. The van der Waals surface area contributed by atoms with Crippen molar-refractivity contribution in [3.63, 3.8) is 0 Å². The van der Waals surface area contributed by atoms with E-state index >= 15 is 0 Å². The molecule has 1 aromatic heterocycles. The topological polar surface area (TPSA) is 106 Å². The zero-order valence-electron chi connectivity index (χ0n) is 18.7. The van der Waals surface area contributed by atoms with Gasteiger partial charge in [-0.3, -0.25) is 4.90 Å². The van der Waals surface area contributed by atoms with Gasteiger partial charge in [0.25, 0.3) is 0 Å². The Hall–Kier alpha value is -4.20. The number of urea groups is 1. The first-order chi connectivity index (χ1) is 16.0. The van der Waals surface area contributed by atoms with Gasteiger partial charge in [-0.25, -0.2) is 14.8 Å². The van der Waals surface area contributed by atoms with E-state index in [9.17, 15) is 4.79 Å². The Labute approximate surface area is 193 Å². The lowest BCUT2D eigenvalue weighted by atomic mass is 10.1. The van der Waals surface area contributed by atoms with Gasteiger partial charge in [-0.05, 0) is 49.7 Å². The van der Waals surface area contributed by atoms with Gasteiger partial charge < -0.3 is 21.4 Å². The van der Waals surface area contributed by atoms with Crippen LogP contribution in [0.2, 0.25) is 0 Å². The Morgan fingerprint density at radius 1 is 1.15 bits per heavy atom. The van der Waals surface area contributed by atoms with Crippen LogP contribution >= 0.6 is 0 Å². The third-order valence-electron chi connectivity index (χ3n) is 5.22. The molecule has 8 heteroatoms. The highest BCUT2D eigenvalue weighted by atomic mass is 16.2. The summed E-state index contributed by atoms with van der Waals surface area (Å²) < 4.78 is 0. The maximum absolute atomic E-state index is 11.8. The van der Waals surface area contributed by atoms with E-state index in [0.717, 1.165) is 11.3 Å². The first kappa shape index (κ1) is 22.0. The number of carbonyl (C=O) groups excluding carboxylic acids is 1. The van der Waals surface area contributed by atoms with Crippen LogP contribution in [0.5, 0.6) is 0 Å². The number of carbonyl (C=O) groups is 1. The summed E-state index contributed by atoms with van der Waals surface area (Å²) in [6.45, 7) is 6.14. The fourth-order valence-corrected chi connectivity index (χ4v) is 3.79. The summed E-state index contributed by atoms with van der Waals surface area (Å²) in [7, 11) is 0. The quantitative estimate of drug-likeness (QED) is 0.396. The molecule has 1 saturated heterocycles. The van der Waals surface area contributed by atoms with Crippen molar-refractivity contribution in [1.29, 1.82) is 5.41 Å². The lowest BCUT2D eigenvalue weighted by molar-refractivity contribution is 0.252. The number of hydrogen-bond donors (Lipinski definition) is 4. The third-order valence-corrected chi connectivity index (χ3v) is 5.22. The zero-order chi connectivity index (χ0) is 23.2. The molecular formula is C25H27N7O. The smallest absolute Gasteiger partial charge is 0.321 e. The summed E-state index contributed by atoms with van der Waals surface area (Å²) >= 11 is 0. The molecule has 1 aliphatic rings. The van der Waals surface area contributed by atoms with Gasteiger partial charge in [-0.2, -0.15) is 0 Å². The number of benzene rings is 2. The number of hydrogen-bond acceptors (Lipinski definition) is 6. The predicted molar refractivity (Wildman–Crippen MR) is 131 cm³/mol. The lowest BCUT2D eigenvalue weighted by Crippen LogP contribution is -2.27. The van der Waals surface area contributed by atoms with Crippen molar-refractivity contribution < 1.29 is 4.79 Å². The number of aromatic nitrogens is 2. The first-order valence-electron chi connectivity index (χ1n) is 10.8. The minimum absolute atomic E-state index is 0.0812. The summed E-state index contributed by atoms with van der Waals surface area (Å²) in [5, 5.41) is 16.9. The molecular weight excluding hydrogens is 414 g/mol. The molecule has 2 heterocycles. The molecule has 2 amide bonds. The molecule has 0 saturated carbocycles. The van der Waals surface area contributed by atoms with Crippen molar-refractivity contribution in [3.8, 4) is 11.4 Å². The van der Waals surface area contributed by atoms with Gasteiger partial charge >= 0.3 is 6.03 Å². The van der Waals surface area contributed by atoms with Gasteiger partial charge in [0.2, 0.25) is 0 Å². The van der Waals surface area contributed by atoms with Gasteiger partial charge in [0.1, 0.15) is 5.82 Å². The summed E-state index contributed by atoms with van der Waals surface area (Å²) in [5.74, 6) is 1.15. The van der Waals surface area contributed by atoms with Crippen LogP contribution in [-0.2, 0) is 6.54 Å². The summed E-state index contributed by atoms with van der Waals surface area (Å²) in [6.07, 6.45) is 4.69. The van der Waals surface area contributed by atoms with E-state index in [0.29, 0.717) is 37.0 Å². The Kier molecular flexibility index (Phi) is 6.64. The number of anilines is 2. The fourth-order valence-electron chi connectivity index (χ4n) is 3.79. The van der Waals surface area contributed by atoms with Crippen molar-refractivity contribution >= 4 is 23.8 Å². The molecule has 4 rings (SSSR count). The Morgan fingerprint density at radius 2 is 1.91 bits per heavy atom. The number of amides is 2. The van der Waals surface area contributed by atoms with Crippen molar-refractivity contribution in [3.05, 3.63) is 83.3 Å². The molecule has 1 fully saturated rings. The van der Waals surface area contributed by atoms with Crippen LogP contribution in [0.25, 0.3) is 11.4 Å². The van der Waals surface area contributed by atoms with Crippen LogP contribution in [0.3, 0.4) is 0 Å². The minimum Gasteiger partial charge on any atom is -0.385 e. The highest BCUT2D eigenvalue weighted by molar-refractivity contribution is 5.94. The van der Waals surface area contributed by atoms with Crippen LogP contribution in [-0.4, -0.2) is 35.3 Å². The van der Waals surface area contributed by atoms with E-state index in [1.807, 2.05) is 24.3 Å². The maximum Gasteiger partial charge on any atom is 0.321 e. The van der Waals surface area contributed by atoms with Gasteiger partial charge in [-0.15, -0.1) is 0 Å². The number of aryl methyl sites for hydroxylation is 2.